The van der Waals surface area contributed by atoms with Gasteiger partial charge in [0.25, 0.3) is 5.91 Å². The number of aryl methyl sites for hydroxylation is 2. The van der Waals surface area contributed by atoms with Crippen molar-refractivity contribution < 1.29 is 22.8 Å². The molecule has 0 radical (unpaired) electrons. The second kappa shape index (κ2) is 8.76. The van der Waals surface area contributed by atoms with Crippen LogP contribution in [-0.2, 0) is 31.6 Å². The summed E-state index contributed by atoms with van der Waals surface area (Å²) in [6.07, 6.45) is 3.78. The van der Waals surface area contributed by atoms with E-state index in [-0.39, 0.29) is 4.90 Å². The van der Waals surface area contributed by atoms with E-state index in [0.29, 0.717) is 37.2 Å². The largest absolute Gasteiger partial charge is 0.325 e. The lowest BCUT2D eigenvalue weighted by atomic mass is 9.92. The van der Waals surface area contributed by atoms with Crippen molar-refractivity contribution in [3.63, 3.8) is 0 Å². The van der Waals surface area contributed by atoms with Gasteiger partial charge in [-0.15, -0.1) is 0 Å². The molecule has 2 saturated heterocycles. The number of imide groups is 1. The molecule has 0 saturated carbocycles. The molecule has 1 aliphatic carbocycles. The summed E-state index contributed by atoms with van der Waals surface area (Å²) in [6.45, 7) is 2.26. The van der Waals surface area contributed by atoms with Gasteiger partial charge in [-0.3, -0.25) is 14.5 Å². The van der Waals surface area contributed by atoms with Gasteiger partial charge in [0.05, 0.1) is 4.90 Å². The van der Waals surface area contributed by atoms with Crippen molar-refractivity contribution in [1.82, 2.24) is 14.5 Å². The Morgan fingerprint density at radius 2 is 1.83 bits per heavy atom. The second-order valence-corrected chi connectivity index (χ2v) is 11.3. The molecule has 4 amide bonds. The monoisotopic (exact) mass is 496 g/mol. The number of benzene rings is 2. The first kappa shape index (κ1) is 23.5. The Bertz CT molecular complexity index is 1320. The van der Waals surface area contributed by atoms with E-state index in [0.717, 1.165) is 35.3 Å². The van der Waals surface area contributed by atoms with Crippen LogP contribution in [0.25, 0.3) is 0 Å². The highest BCUT2D eigenvalue weighted by Crippen LogP contribution is 2.41. The molecule has 1 unspecified atom stereocenters. The minimum atomic E-state index is -3.67. The maximum Gasteiger partial charge on any atom is 0.325 e. The van der Waals surface area contributed by atoms with Crippen LogP contribution in [0.2, 0.25) is 0 Å². The molecule has 5 rings (SSSR count). The standard InChI is InChI=1S/C25H28N4O5S/c1-17-9-10-19(35(33,34)28-13-5-2-6-14-28)15-21(17)26-22(30)16-29-23(31)25(27-24(29)32)12-11-18-7-3-4-8-20(18)25/h3-4,7-10,15H,2,5-6,11-14,16H2,1H3,(H,26,30)(H,27,32). The smallest absolute Gasteiger partial charge is 0.324 e. The van der Waals surface area contributed by atoms with Crippen LogP contribution in [0.5, 0.6) is 0 Å². The molecular formula is C25H28N4O5S. The SMILES string of the molecule is Cc1ccc(S(=O)(=O)N2CCCCC2)cc1NC(=O)CN1C(=O)NC2(CCc3ccccc32)C1=O. The van der Waals surface area contributed by atoms with E-state index in [1.54, 1.807) is 13.0 Å². The number of piperidine rings is 1. The zero-order valence-electron chi connectivity index (χ0n) is 19.5. The summed E-state index contributed by atoms with van der Waals surface area (Å²) >= 11 is 0. The molecule has 2 aromatic rings. The van der Waals surface area contributed by atoms with Crippen LogP contribution in [0.3, 0.4) is 0 Å². The van der Waals surface area contributed by atoms with Crippen molar-refractivity contribution in [2.45, 2.75) is 49.5 Å². The van der Waals surface area contributed by atoms with Gasteiger partial charge in [-0.05, 0) is 61.4 Å². The summed E-state index contributed by atoms with van der Waals surface area (Å²) in [5, 5.41) is 5.50. The number of nitrogens with one attached hydrogen (secondary N) is 2. The minimum absolute atomic E-state index is 0.108. The molecule has 2 aromatic carbocycles. The van der Waals surface area contributed by atoms with Crippen LogP contribution < -0.4 is 10.6 Å². The number of amides is 4. The second-order valence-electron chi connectivity index (χ2n) is 9.37. The van der Waals surface area contributed by atoms with Gasteiger partial charge < -0.3 is 10.6 Å². The van der Waals surface area contributed by atoms with Crippen LogP contribution in [0.4, 0.5) is 10.5 Å². The van der Waals surface area contributed by atoms with Crippen molar-refractivity contribution in [2.75, 3.05) is 25.0 Å². The number of nitrogens with zero attached hydrogens (tertiary/aromatic N) is 2. The van der Waals surface area contributed by atoms with Crippen molar-refractivity contribution in [1.29, 1.82) is 0 Å². The predicted octanol–water partition coefficient (Wildman–Crippen LogP) is 2.50. The zero-order chi connectivity index (χ0) is 24.8. The van der Waals surface area contributed by atoms with Crippen LogP contribution in [0, 0.1) is 6.92 Å². The number of carbonyl (C=O) groups is 3. The van der Waals surface area contributed by atoms with E-state index in [4.69, 9.17) is 0 Å². The number of sulfonamides is 1. The Morgan fingerprint density at radius 3 is 2.60 bits per heavy atom. The van der Waals surface area contributed by atoms with E-state index in [9.17, 15) is 22.8 Å². The summed E-state index contributed by atoms with van der Waals surface area (Å²) in [5.74, 6) is -1.02. The van der Waals surface area contributed by atoms with Gasteiger partial charge in [-0.25, -0.2) is 13.2 Å². The quantitative estimate of drug-likeness (QED) is 0.617. The minimum Gasteiger partial charge on any atom is -0.324 e. The molecule has 2 fully saturated rings. The molecule has 1 atom stereocenters. The Labute approximate surface area is 204 Å². The number of urea groups is 1. The van der Waals surface area contributed by atoms with E-state index < -0.39 is 40.0 Å². The van der Waals surface area contributed by atoms with Gasteiger partial charge in [0.1, 0.15) is 12.1 Å². The number of rotatable bonds is 5. The fourth-order valence-electron chi connectivity index (χ4n) is 5.22. The van der Waals surface area contributed by atoms with Crippen molar-refractivity contribution in [3.8, 4) is 0 Å². The molecule has 184 valence electrons. The lowest BCUT2D eigenvalue weighted by Crippen LogP contribution is -2.43. The molecule has 0 aromatic heterocycles. The lowest BCUT2D eigenvalue weighted by Gasteiger charge is -2.26. The summed E-state index contributed by atoms with van der Waals surface area (Å²) in [5.41, 5.74) is 1.66. The highest BCUT2D eigenvalue weighted by Gasteiger charge is 2.55. The number of hydrogen-bond donors (Lipinski definition) is 2. The summed E-state index contributed by atoms with van der Waals surface area (Å²) in [6, 6.07) is 11.5. The molecular weight excluding hydrogens is 468 g/mol. The normalized spacial score (nSPS) is 22.4. The van der Waals surface area contributed by atoms with Crippen molar-refractivity contribution in [2.24, 2.45) is 0 Å². The van der Waals surface area contributed by atoms with E-state index in [1.807, 2.05) is 24.3 Å². The molecule has 0 bridgehead atoms. The van der Waals surface area contributed by atoms with Crippen LogP contribution >= 0.6 is 0 Å². The third-order valence-corrected chi connectivity index (χ3v) is 9.05. The van der Waals surface area contributed by atoms with E-state index in [1.165, 1.54) is 16.4 Å². The molecule has 9 nitrogen and oxygen atoms in total. The van der Waals surface area contributed by atoms with Gasteiger partial charge in [-0.2, -0.15) is 4.31 Å². The first-order valence-electron chi connectivity index (χ1n) is 11.9. The summed E-state index contributed by atoms with van der Waals surface area (Å²) in [4.78, 5) is 39.9. The number of hydrogen-bond acceptors (Lipinski definition) is 5. The van der Waals surface area contributed by atoms with Gasteiger partial charge >= 0.3 is 6.03 Å². The summed E-state index contributed by atoms with van der Waals surface area (Å²) in [7, 11) is -3.67. The molecule has 1 spiro atoms. The van der Waals surface area contributed by atoms with E-state index in [2.05, 4.69) is 10.6 Å². The number of fused-ring (bicyclic) bond motifs is 2. The van der Waals surface area contributed by atoms with Crippen molar-refractivity contribution >= 4 is 33.6 Å². The van der Waals surface area contributed by atoms with Gasteiger partial charge in [0.15, 0.2) is 0 Å². The Balaban J connectivity index is 1.32. The molecule has 35 heavy (non-hydrogen) atoms. The number of anilines is 1. The lowest BCUT2D eigenvalue weighted by molar-refractivity contribution is -0.134. The highest BCUT2D eigenvalue weighted by atomic mass is 32.2. The maximum atomic E-state index is 13.3. The fraction of sp³-hybridized carbons (Fsp3) is 0.400. The molecule has 2 heterocycles. The predicted molar refractivity (Wildman–Crippen MR) is 129 cm³/mol. The Hall–Kier alpha value is -3.24. The molecule has 3 aliphatic rings. The number of carbonyl (C=O) groups excluding carboxylic acids is 3. The zero-order valence-corrected chi connectivity index (χ0v) is 20.4. The third-order valence-electron chi connectivity index (χ3n) is 7.16. The van der Waals surface area contributed by atoms with Gasteiger partial charge in [-0.1, -0.05) is 36.8 Å². The Kier molecular flexibility index (Phi) is 5.88. The first-order chi connectivity index (χ1) is 16.7. The first-order valence-corrected chi connectivity index (χ1v) is 13.3. The highest BCUT2D eigenvalue weighted by molar-refractivity contribution is 7.89. The Morgan fingerprint density at radius 1 is 1.09 bits per heavy atom. The average Bonchev–Trinajstić information content (AvgIpc) is 3.34. The topological polar surface area (TPSA) is 116 Å². The van der Waals surface area contributed by atoms with Crippen LogP contribution in [0.1, 0.15) is 42.4 Å². The van der Waals surface area contributed by atoms with Crippen LogP contribution in [0.15, 0.2) is 47.4 Å². The van der Waals surface area contributed by atoms with Gasteiger partial charge in [0, 0.05) is 18.8 Å². The fourth-order valence-corrected chi connectivity index (χ4v) is 6.76. The van der Waals surface area contributed by atoms with E-state index >= 15 is 0 Å². The van der Waals surface area contributed by atoms with Gasteiger partial charge in [0.2, 0.25) is 15.9 Å². The summed E-state index contributed by atoms with van der Waals surface area (Å²) < 4.78 is 27.6. The third kappa shape index (κ3) is 4.00. The molecule has 2 aliphatic heterocycles. The molecule has 2 N–H and O–H groups in total. The maximum absolute atomic E-state index is 13.3. The molecule has 10 heteroatoms. The van der Waals surface area contributed by atoms with Crippen LogP contribution in [-0.4, -0.2) is 55.1 Å². The average molecular weight is 497 g/mol. The van der Waals surface area contributed by atoms with Crippen molar-refractivity contribution in [3.05, 3.63) is 59.2 Å².